The molecule has 2 N–H and O–H groups in total. The van der Waals surface area contributed by atoms with Crippen molar-refractivity contribution in [2.45, 2.75) is 58.7 Å². The van der Waals surface area contributed by atoms with Crippen LogP contribution in [0, 0.1) is 0 Å². The van der Waals surface area contributed by atoms with Crippen molar-refractivity contribution < 1.29 is 53.1 Å². The van der Waals surface area contributed by atoms with E-state index in [0.29, 0.717) is 30.5 Å². The van der Waals surface area contributed by atoms with Crippen LogP contribution >= 0.6 is 0 Å². The molecule has 1 saturated carbocycles. The number of benzene rings is 2. The van der Waals surface area contributed by atoms with E-state index in [1.54, 1.807) is 0 Å². The maximum absolute atomic E-state index is 13.0. The van der Waals surface area contributed by atoms with Gasteiger partial charge in [0.1, 0.15) is 0 Å². The highest BCUT2D eigenvalue weighted by Gasteiger charge is 2.40. The predicted octanol–water partition coefficient (Wildman–Crippen LogP) is 4.01. The lowest BCUT2D eigenvalue weighted by atomic mass is 9.84. The standard InChI is InChI=1S/C23H23F6NO6S2/c1-37(33,34)19-12-15(23(27,28)29)5-6-18(19)20(31)30-13-21(32)9-7-16(8-10-21)38(35,36)17-4-2-3-14(11-17)22(24,25)26/h2-6,11-12,16,32H,7-10,13H2,1H3,(H,30,31)/t16-,21+. The van der Waals surface area contributed by atoms with Crippen molar-refractivity contribution >= 4 is 25.6 Å². The molecule has 2 aromatic rings. The summed E-state index contributed by atoms with van der Waals surface area (Å²) in [5, 5.41) is 12.0. The van der Waals surface area contributed by atoms with Crippen molar-refractivity contribution in [2.24, 2.45) is 0 Å². The van der Waals surface area contributed by atoms with E-state index in [4.69, 9.17) is 0 Å². The Hall–Kier alpha value is -2.65. The van der Waals surface area contributed by atoms with Gasteiger partial charge in [0.15, 0.2) is 19.7 Å². The number of hydrogen-bond acceptors (Lipinski definition) is 6. The van der Waals surface area contributed by atoms with E-state index in [9.17, 15) is 53.1 Å². The van der Waals surface area contributed by atoms with E-state index < -0.39 is 81.8 Å². The normalized spacial score (nSPS) is 21.2. The summed E-state index contributed by atoms with van der Waals surface area (Å²) in [5.41, 5.74) is -4.59. The minimum absolute atomic E-state index is 0.139. The van der Waals surface area contributed by atoms with Gasteiger partial charge in [0, 0.05) is 12.8 Å². The van der Waals surface area contributed by atoms with Gasteiger partial charge in [-0.25, -0.2) is 16.8 Å². The zero-order valence-corrected chi connectivity index (χ0v) is 21.4. The minimum Gasteiger partial charge on any atom is -0.388 e. The van der Waals surface area contributed by atoms with Gasteiger partial charge < -0.3 is 10.4 Å². The second kappa shape index (κ2) is 10.2. The summed E-state index contributed by atoms with van der Waals surface area (Å²) < 4.78 is 128. The molecule has 1 aliphatic rings. The smallest absolute Gasteiger partial charge is 0.388 e. The van der Waals surface area contributed by atoms with Crippen LogP contribution < -0.4 is 5.32 Å². The molecule has 0 aliphatic heterocycles. The lowest BCUT2D eigenvalue weighted by Crippen LogP contribution is -2.47. The van der Waals surface area contributed by atoms with Crippen LogP contribution in [0.3, 0.4) is 0 Å². The van der Waals surface area contributed by atoms with Gasteiger partial charge in [0.05, 0.1) is 37.3 Å². The SMILES string of the molecule is CS(=O)(=O)c1cc(C(F)(F)F)ccc1C(=O)NC[C@]1(O)CC[C@@H](S(=O)(=O)c2cccc(C(F)(F)F)c2)CC1. The van der Waals surface area contributed by atoms with E-state index in [0.717, 1.165) is 18.2 Å². The molecule has 1 fully saturated rings. The first kappa shape index (κ1) is 29.9. The number of aliphatic hydroxyl groups is 1. The summed E-state index contributed by atoms with van der Waals surface area (Å²) in [7, 11) is -8.41. The van der Waals surface area contributed by atoms with Crippen molar-refractivity contribution in [1.82, 2.24) is 5.32 Å². The van der Waals surface area contributed by atoms with Gasteiger partial charge in [-0.15, -0.1) is 0 Å². The first-order valence-electron chi connectivity index (χ1n) is 11.1. The molecule has 38 heavy (non-hydrogen) atoms. The molecule has 0 aromatic heterocycles. The molecule has 0 saturated heterocycles. The molecule has 7 nitrogen and oxygen atoms in total. The third-order valence-electron chi connectivity index (χ3n) is 6.32. The molecule has 0 heterocycles. The number of rotatable bonds is 6. The Morgan fingerprint density at radius 2 is 1.50 bits per heavy atom. The van der Waals surface area contributed by atoms with Gasteiger partial charge in [-0.3, -0.25) is 4.79 Å². The maximum atomic E-state index is 13.0. The lowest BCUT2D eigenvalue weighted by Gasteiger charge is -2.36. The highest BCUT2D eigenvalue weighted by molar-refractivity contribution is 7.92. The number of hydrogen-bond donors (Lipinski definition) is 2. The zero-order chi connectivity index (χ0) is 28.7. The fourth-order valence-electron chi connectivity index (χ4n) is 4.19. The number of carbonyl (C=O) groups excluding carboxylic acids is 1. The first-order chi connectivity index (χ1) is 17.2. The van der Waals surface area contributed by atoms with Crippen LogP contribution in [0.15, 0.2) is 52.3 Å². The zero-order valence-electron chi connectivity index (χ0n) is 19.7. The van der Waals surface area contributed by atoms with Crippen molar-refractivity contribution in [3.63, 3.8) is 0 Å². The molecule has 210 valence electrons. The Kier molecular flexibility index (Phi) is 7.99. The van der Waals surface area contributed by atoms with E-state index in [1.807, 2.05) is 0 Å². The summed E-state index contributed by atoms with van der Waals surface area (Å²) in [6, 6.07) is 4.90. The molecule has 0 unspecified atom stereocenters. The lowest BCUT2D eigenvalue weighted by molar-refractivity contribution is -0.138. The van der Waals surface area contributed by atoms with Gasteiger partial charge in [0.25, 0.3) is 5.91 Å². The van der Waals surface area contributed by atoms with Gasteiger partial charge >= 0.3 is 12.4 Å². The third-order valence-corrected chi connectivity index (χ3v) is 9.72. The largest absolute Gasteiger partial charge is 0.416 e. The highest BCUT2D eigenvalue weighted by Crippen LogP contribution is 2.37. The first-order valence-corrected chi connectivity index (χ1v) is 14.5. The molecule has 1 amide bonds. The van der Waals surface area contributed by atoms with Crippen LogP contribution in [-0.4, -0.2) is 51.5 Å². The molecule has 0 atom stereocenters. The van der Waals surface area contributed by atoms with Crippen molar-refractivity contribution in [3.05, 3.63) is 59.2 Å². The van der Waals surface area contributed by atoms with Crippen molar-refractivity contribution in [1.29, 1.82) is 0 Å². The molecule has 0 bridgehead atoms. The number of halogens is 6. The van der Waals surface area contributed by atoms with Gasteiger partial charge in [-0.2, -0.15) is 26.3 Å². The summed E-state index contributed by atoms with van der Waals surface area (Å²) in [6.45, 7) is -0.466. The molecule has 1 aliphatic carbocycles. The third kappa shape index (κ3) is 6.67. The molecular formula is C23H23F6NO6S2. The van der Waals surface area contributed by atoms with E-state index in [1.165, 1.54) is 0 Å². The maximum Gasteiger partial charge on any atom is 0.416 e. The van der Waals surface area contributed by atoms with Crippen LogP contribution in [0.1, 0.15) is 47.2 Å². The Labute approximate surface area is 214 Å². The topological polar surface area (TPSA) is 118 Å². The average Bonchev–Trinajstić information content (AvgIpc) is 2.81. The second-order valence-corrected chi connectivity index (χ2v) is 13.4. The van der Waals surface area contributed by atoms with E-state index in [-0.39, 0.29) is 25.7 Å². The minimum atomic E-state index is -4.85. The van der Waals surface area contributed by atoms with Gasteiger partial charge in [-0.05, 0) is 62.1 Å². The molecule has 0 spiro atoms. The van der Waals surface area contributed by atoms with Crippen molar-refractivity contribution in [3.8, 4) is 0 Å². The number of alkyl halides is 6. The van der Waals surface area contributed by atoms with Gasteiger partial charge in [0.2, 0.25) is 0 Å². The number of sulfone groups is 2. The number of nitrogens with one attached hydrogen (secondary N) is 1. The van der Waals surface area contributed by atoms with Crippen LogP contribution in [0.4, 0.5) is 26.3 Å². The Morgan fingerprint density at radius 3 is 2.03 bits per heavy atom. The van der Waals surface area contributed by atoms with Crippen LogP contribution in [0.5, 0.6) is 0 Å². The molecule has 0 radical (unpaired) electrons. The molecule has 3 rings (SSSR count). The fraction of sp³-hybridized carbons (Fsp3) is 0.435. The van der Waals surface area contributed by atoms with Crippen LogP contribution in [0.2, 0.25) is 0 Å². The Balaban J connectivity index is 1.71. The van der Waals surface area contributed by atoms with Crippen molar-refractivity contribution in [2.75, 3.05) is 12.8 Å². The number of carbonyl (C=O) groups is 1. The average molecular weight is 588 g/mol. The van der Waals surface area contributed by atoms with Crippen LogP contribution in [0.25, 0.3) is 0 Å². The number of amides is 1. The second-order valence-electron chi connectivity index (χ2n) is 9.16. The highest BCUT2D eigenvalue weighted by atomic mass is 32.2. The Bertz CT molecular complexity index is 1430. The summed E-state index contributed by atoms with van der Waals surface area (Å²) in [6.07, 6.45) is -9.56. The summed E-state index contributed by atoms with van der Waals surface area (Å²) in [4.78, 5) is 11.3. The monoisotopic (exact) mass is 587 g/mol. The van der Waals surface area contributed by atoms with Gasteiger partial charge in [-0.1, -0.05) is 6.07 Å². The van der Waals surface area contributed by atoms with Crippen LogP contribution in [-0.2, 0) is 32.0 Å². The van der Waals surface area contributed by atoms with E-state index >= 15 is 0 Å². The molecule has 2 aromatic carbocycles. The molecular weight excluding hydrogens is 564 g/mol. The summed E-state index contributed by atoms with van der Waals surface area (Å²) in [5.74, 6) is -1.06. The quantitative estimate of drug-likeness (QED) is 0.494. The Morgan fingerprint density at radius 1 is 0.947 bits per heavy atom. The predicted molar refractivity (Wildman–Crippen MR) is 123 cm³/mol. The fourth-order valence-corrected chi connectivity index (χ4v) is 6.89. The van der Waals surface area contributed by atoms with E-state index in [2.05, 4.69) is 5.32 Å². The molecule has 15 heteroatoms. The summed E-state index contributed by atoms with van der Waals surface area (Å²) >= 11 is 0.